The van der Waals surface area contributed by atoms with Gasteiger partial charge in [0.1, 0.15) is 17.2 Å². The van der Waals surface area contributed by atoms with Crippen molar-refractivity contribution in [2.24, 2.45) is 5.10 Å². The molecule has 1 aromatic heterocycles. The summed E-state index contributed by atoms with van der Waals surface area (Å²) in [7, 11) is 3.12. The fourth-order valence-electron chi connectivity index (χ4n) is 3.01. The molecule has 0 bridgehead atoms. The lowest BCUT2D eigenvalue weighted by Gasteiger charge is -2.07. The molecular formula is C24H20N4O5. The Morgan fingerprint density at radius 3 is 2.48 bits per heavy atom. The van der Waals surface area contributed by atoms with Crippen LogP contribution >= 0.6 is 0 Å². The zero-order valence-corrected chi connectivity index (χ0v) is 17.9. The summed E-state index contributed by atoms with van der Waals surface area (Å²) < 4.78 is 16.4. The molecule has 0 atom stereocenters. The van der Waals surface area contributed by atoms with Gasteiger partial charge in [0.05, 0.1) is 26.0 Å². The summed E-state index contributed by atoms with van der Waals surface area (Å²) in [5.41, 5.74) is 4.60. The molecule has 1 heterocycles. The molecule has 2 N–H and O–H groups in total. The van der Waals surface area contributed by atoms with Crippen molar-refractivity contribution in [1.29, 1.82) is 0 Å². The van der Waals surface area contributed by atoms with Crippen LogP contribution < -0.4 is 14.9 Å². The first-order valence-electron chi connectivity index (χ1n) is 9.87. The van der Waals surface area contributed by atoms with E-state index in [1.54, 1.807) is 74.9 Å². The van der Waals surface area contributed by atoms with Crippen LogP contribution in [0.2, 0.25) is 0 Å². The number of hydrogen-bond acceptors (Lipinski definition) is 8. The Kier molecular flexibility index (Phi) is 6.31. The van der Waals surface area contributed by atoms with Crippen LogP contribution in [0, 0.1) is 0 Å². The highest BCUT2D eigenvalue weighted by Crippen LogP contribution is 2.33. The van der Waals surface area contributed by atoms with Crippen LogP contribution in [0.15, 0.2) is 76.2 Å². The number of amides is 1. The number of carbonyl (C=O) groups is 1. The quantitative estimate of drug-likeness (QED) is 0.328. The van der Waals surface area contributed by atoms with Crippen LogP contribution in [0.3, 0.4) is 0 Å². The van der Waals surface area contributed by atoms with E-state index in [9.17, 15) is 9.90 Å². The number of phenols is 1. The van der Waals surface area contributed by atoms with Gasteiger partial charge in [0.15, 0.2) is 0 Å². The number of phenolic OH excluding ortho intramolecular Hbond substituents is 1. The van der Waals surface area contributed by atoms with E-state index in [1.165, 1.54) is 12.3 Å². The molecule has 0 spiro atoms. The number of aromatic hydroxyl groups is 1. The lowest BCUT2D eigenvalue weighted by atomic mass is 10.1. The van der Waals surface area contributed by atoms with Gasteiger partial charge in [-0.1, -0.05) is 12.1 Å². The van der Waals surface area contributed by atoms with Crippen molar-refractivity contribution in [2.75, 3.05) is 14.2 Å². The first kappa shape index (κ1) is 21.6. The molecule has 4 rings (SSSR count). The van der Waals surface area contributed by atoms with E-state index in [4.69, 9.17) is 13.9 Å². The van der Waals surface area contributed by atoms with Gasteiger partial charge in [-0.2, -0.15) is 5.10 Å². The first-order valence-corrected chi connectivity index (χ1v) is 9.87. The Morgan fingerprint density at radius 1 is 1.00 bits per heavy atom. The van der Waals surface area contributed by atoms with Gasteiger partial charge < -0.3 is 19.0 Å². The smallest absolute Gasteiger partial charge is 0.271 e. The predicted molar refractivity (Wildman–Crippen MR) is 121 cm³/mol. The molecule has 33 heavy (non-hydrogen) atoms. The minimum Gasteiger partial charge on any atom is -0.507 e. The highest BCUT2D eigenvalue weighted by atomic mass is 16.5. The molecule has 3 aromatic carbocycles. The second-order valence-corrected chi connectivity index (χ2v) is 6.81. The maximum absolute atomic E-state index is 12.3. The van der Waals surface area contributed by atoms with Crippen LogP contribution in [0.5, 0.6) is 17.2 Å². The molecule has 0 fully saturated rings. The number of aromatic nitrogens is 2. The Bertz CT molecular complexity index is 1300. The number of carbonyl (C=O) groups excluding carboxylic acids is 1. The largest absolute Gasteiger partial charge is 0.507 e. The summed E-state index contributed by atoms with van der Waals surface area (Å²) in [5.74, 6) is 1.46. The number of para-hydroxylation sites is 1. The van der Waals surface area contributed by atoms with Gasteiger partial charge >= 0.3 is 0 Å². The summed E-state index contributed by atoms with van der Waals surface area (Å²) in [4.78, 5) is 12.3. The Labute approximate surface area is 189 Å². The molecule has 0 saturated heterocycles. The normalized spacial score (nSPS) is 10.8. The van der Waals surface area contributed by atoms with Crippen molar-refractivity contribution in [1.82, 2.24) is 15.6 Å². The van der Waals surface area contributed by atoms with Crippen molar-refractivity contribution in [3.05, 3.63) is 77.9 Å². The molecule has 4 aromatic rings. The fraction of sp³-hybridized carbons (Fsp3) is 0.0833. The maximum atomic E-state index is 12.3. The van der Waals surface area contributed by atoms with E-state index >= 15 is 0 Å². The standard InChI is InChI=1S/C24H20N4O5/c1-31-18-11-12-19(21(13-18)32-2)24-28-27-23(33-24)16-9-7-15(8-10-16)22(30)26-25-14-17-5-3-4-6-20(17)29/h3-14,29H,1-2H3,(H,26,30)/b25-14+. The second-order valence-electron chi connectivity index (χ2n) is 6.81. The summed E-state index contributed by atoms with van der Waals surface area (Å²) in [6, 6.07) is 18.6. The lowest BCUT2D eigenvalue weighted by Crippen LogP contribution is -2.17. The van der Waals surface area contributed by atoms with Crippen LogP contribution in [-0.2, 0) is 0 Å². The Balaban J connectivity index is 1.46. The van der Waals surface area contributed by atoms with Gasteiger partial charge in [0.25, 0.3) is 11.8 Å². The van der Waals surface area contributed by atoms with Gasteiger partial charge in [-0.15, -0.1) is 10.2 Å². The van der Waals surface area contributed by atoms with Gasteiger partial charge in [-0.05, 0) is 48.5 Å². The van der Waals surface area contributed by atoms with Crippen molar-refractivity contribution >= 4 is 12.1 Å². The molecule has 0 unspecified atom stereocenters. The minimum absolute atomic E-state index is 0.0750. The van der Waals surface area contributed by atoms with E-state index in [0.29, 0.717) is 45.5 Å². The number of hydrogen-bond donors (Lipinski definition) is 2. The summed E-state index contributed by atoms with van der Waals surface area (Å²) in [5, 5.41) is 21.8. The van der Waals surface area contributed by atoms with Crippen LogP contribution in [0.25, 0.3) is 22.9 Å². The number of nitrogens with zero attached hydrogens (tertiary/aromatic N) is 3. The minimum atomic E-state index is -0.401. The highest BCUT2D eigenvalue weighted by molar-refractivity contribution is 5.95. The molecule has 0 aliphatic carbocycles. The van der Waals surface area contributed by atoms with E-state index in [-0.39, 0.29) is 5.75 Å². The number of methoxy groups -OCH3 is 2. The van der Waals surface area contributed by atoms with E-state index in [2.05, 4.69) is 20.7 Å². The zero-order valence-electron chi connectivity index (χ0n) is 17.9. The van der Waals surface area contributed by atoms with Gasteiger partial charge in [-0.25, -0.2) is 5.43 Å². The van der Waals surface area contributed by atoms with Crippen molar-refractivity contribution in [3.8, 4) is 40.2 Å². The van der Waals surface area contributed by atoms with Crippen molar-refractivity contribution < 1.29 is 23.8 Å². The summed E-state index contributed by atoms with van der Waals surface area (Å²) >= 11 is 0. The van der Waals surface area contributed by atoms with E-state index in [1.807, 2.05) is 0 Å². The second kappa shape index (κ2) is 9.65. The van der Waals surface area contributed by atoms with Crippen molar-refractivity contribution in [2.45, 2.75) is 0 Å². The zero-order chi connectivity index (χ0) is 23.2. The number of benzene rings is 3. The van der Waals surface area contributed by atoms with E-state index < -0.39 is 5.91 Å². The Hall–Kier alpha value is -4.66. The molecular weight excluding hydrogens is 424 g/mol. The molecule has 9 nitrogen and oxygen atoms in total. The molecule has 9 heteroatoms. The van der Waals surface area contributed by atoms with Gasteiger partial charge in [-0.3, -0.25) is 4.79 Å². The SMILES string of the molecule is COc1ccc(-c2nnc(-c3ccc(C(=O)N/N=C/c4ccccc4O)cc3)o2)c(OC)c1. The first-order chi connectivity index (χ1) is 16.1. The Morgan fingerprint density at radius 2 is 1.76 bits per heavy atom. The van der Waals surface area contributed by atoms with Crippen molar-refractivity contribution in [3.63, 3.8) is 0 Å². The predicted octanol–water partition coefficient (Wildman–Crippen LogP) is 3.89. The number of ether oxygens (including phenoxy) is 2. The average molecular weight is 444 g/mol. The van der Waals surface area contributed by atoms with Gasteiger partial charge in [0.2, 0.25) is 5.89 Å². The number of nitrogens with one attached hydrogen (secondary N) is 1. The molecule has 0 aliphatic rings. The fourth-order valence-corrected chi connectivity index (χ4v) is 3.01. The number of hydrazone groups is 1. The van der Waals surface area contributed by atoms with Crippen LogP contribution in [0.4, 0.5) is 0 Å². The molecule has 0 saturated carbocycles. The average Bonchev–Trinajstić information content (AvgIpc) is 3.35. The summed E-state index contributed by atoms with van der Waals surface area (Å²) in [6.45, 7) is 0. The van der Waals surface area contributed by atoms with Gasteiger partial charge in [0, 0.05) is 22.8 Å². The topological polar surface area (TPSA) is 119 Å². The third kappa shape index (κ3) is 4.82. The molecule has 0 radical (unpaired) electrons. The monoisotopic (exact) mass is 444 g/mol. The highest BCUT2D eigenvalue weighted by Gasteiger charge is 2.16. The third-order valence-electron chi connectivity index (χ3n) is 4.76. The molecule has 0 aliphatic heterocycles. The third-order valence-corrected chi connectivity index (χ3v) is 4.76. The maximum Gasteiger partial charge on any atom is 0.271 e. The number of rotatable bonds is 7. The molecule has 1 amide bonds. The molecule has 166 valence electrons. The van der Waals surface area contributed by atoms with E-state index in [0.717, 1.165) is 0 Å². The lowest BCUT2D eigenvalue weighted by molar-refractivity contribution is 0.0955. The van der Waals surface area contributed by atoms with Crippen LogP contribution in [-0.4, -0.2) is 41.6 Å². The van der Waals surface area contributed by atoms with Crippen LogP contribution in [0.1, 0.15) is 15.9 Å². The summed E-state index contributed by atoms with van der Waals surface area (Å²) in [6.07, 6.45) is 1.37.